The summed E-state index contributed by atoms with van der Waals surface area (Å²) in [5.41, 5.74) is 5.39. The Kier molecular flexibility index (Phi) is 6.28. The fourth-order valence-electron chi connectivity index (χ4n) is 3.01. The van der Waals surface area contributed by atoms with Crippen LogP contribution in [0.5, 0.6) is 0 Å². The van der Waals surface area contributed by atoms with Crippen molar-refractivity contribution in [3.63, 3.8) is 0 Å². The quantitative estimate of drug-likeness (QED) is 0.797. The molecule has 17 heavy (non-hydrogen) atoms. The summed E-state index contributed by atoms with van der Waals surface area (Å²) in [6.07, 6.45) is 9.62. The van der Waals surface area contributed by atoms with Crippen molar-refractivity contribution in [1.82, 2.24) is 5.32 Å². The Balaban J connectivity index is 0.00000144. The molecule has 2 atom stereocenters. The van der Waals surface area contributed by atoms with Crippen LogP contribution in [-0.2, 0) is 4.79 Å². The highest BCUT2D eigenvalue weighted by Gasteiger charge is 2.43. The first-order valence-corrected chi connectivity index (χ1v) is 6.80. The van der Waals surface area contributed by atoms with Crippen LogP contribution in [0.2, 0.25) is 0 Å². The van der Waals surface area contributed by atoms with Crippen LogP contribution in [0.1, 0.15) is 51.4 Å². The van der Waals surface area contributed by atoms with Crippen LogP contribution in [0.25, 0.3) is 0 Å². The number of nitrogens with two attached hydrogens (primary N) is 1. The molecule has 4 heteroatoms. The average molecular weight is 261 g/mol. The summed E-state index contributed by atoms with van der Waals surface area (Å²) < 4.78 is 0. The van der Waals surface area contributed by atoms with Crippen molar-refractivity contribution in [2.45, 2.75) is 57.4 Å². The standard InChI is InChI=1S/C13H24N2O.ClH/c14-8-4-7-13(16)15-12-9-11(12)10-5-2-1-3-6-10;/h10-12H,1-9,14H2,(H,15,16);1H. The molecule has 100 valence electrons. The number of hydrogen-bond donors (Lipinski definition) is 2. The van der Waals surface area contributed by atoms with Crippen molar-refractivity contribution < 1.29 is 4.79 Å². The van der Waals surface area contributed by atoms with Gasteiger partial charge >= 0.3 is 0 Å². The second-order valence-electron chi connectivity index (χ2n) is 5.36. The van der Waals surface area contributed by atoms with Crippen molar-refractivity contribution in [2.75, 3.05) is 6.54 Å². The molecule has 3 N–H and O–H groups in total. The van der Waals surface area contributed by atoms with Crippen LogP contribution in [0, 0.1) is 11.8 Å². The van der Waals surface area contributed by atoms with Gasteiger partial charge in [-0.25, -0.2) is 0 Å². The first kappa shape index (κ1) is 14.8. The van der Waals surface area contributed by atoms with Gasteiger partial charge in [0.15, 0.2) is 0 Å². The summed E-state index contributed by atoms with van der Waals surface area (Å²) in [5.74, 6) is 1.89. The van der Waals surface area contributed by atoms with E-state index in [4.69, 9.17) is 5.73 Å². The van der Waals surface area contributed by atoms with Crippen LogP contribution >= 0.6 is 12.4 Å². The van der Waals surface area contributed by atoms with E-state index in [0.29, 0.717) is 19.0 Å². The molecule has 2 fully saturated rings. The molecule has 0 bridgehead atoms. The number of amides is 1. The lowest BCUT2D eigenvalue weighted by Gasteiger charge is -2.21. The number of nitrogens with one attached hydrogen (secondary N) is 1. The molecule has 0 aliphatic heterocycles. The molecule has 2 saturated carbocycles. The first-order chi connectivity index (χ1) is 7.81. The van der Waals surface area contributed by atoms with Gasteiger partial charge < -0.3 is 11.1 Å². The van der Waals surface area contributed by atoms with Crippen LogP contribution in [0.15, 0.2) is 0 Å². The highest BCUT2D eigenvalue weighted by molar-refractivity contribution is 5.85. The van der Waals surface area contributed by atoms with Crippen molar-refractivity contribution in [2.24, 2.45) is 17.6 Å². The van der Waals surface area contributed by atoms with Gasteiger partial charge in [0, 0.05) is 12.5 Å². The summed E-state index contributed by atoms with van der Waals surface area (Å²) in [6, 6.07) is 0.494. The van der Waals surface area contributed by atoms with Crippen molar-refractivity contribution in [3.8, 4) is 0 Å². The lowest BCUT2D eigenvalue weighted by molar-refractivity contribution is -0.121. The third-order valence-electron chi connectivity index (χ3n) is 4.05. The number of rotatable bonds is 5. The molecule has 0 radical (unpaired) electrons. The molecule has 2 aliphatic rings. The van der Waals surface area contributed by atoms with E-state index in [-0.39, 0.29) is 18.3 Å². The van der Waals surface area contributed by atoms with E-state index >= 15 is 0 Å². The summed E-state index contributed by atoms with van der Waals surface area (Å²) in [6.45, 7) is 0.615. The van der Waals surface area contributed by atoms with Crippen LogP contribution in [0.4, 0.5) is 0 Å². The zero-order chi connectivity index (χ0) is 11.4. The van der Waals surface area contributed by atoms with E-state index in [0.717, 1.165) is 18.3 Å². The van der Waals surface area contributed by atoms with Gasteiger partial charge in [0.25, 0.3) is 0 Å². The molecule has 1 amide bonds. The maximum absolute atomic E-state index is 11.5. The molecule has 0 heterocycles. The lowest BCUT2D eigenvalue weighted by atomic mass is 9.85. The number of hydrogen-bond acceptors (Lipinski definition) is 2. The molecule has 3 nitrogen and oxygen atoms in total. The predicted molar refractivity (Wildman–Crippen MR) is 72.1 cm³/mol. The third kappa shape index (κ3) is 4.47. The van der Waals surface area contributed by atoms with E-state index in [1.807, 2.05) is 0 Å². The van der Waals surface area contributed by atoms with Gasteiger partial charge in [-0.15, -0.1) is 12.4 Å². The van der Waals surface area contributed by atoms with Crippen molar-refractivity contribution >= 4 is 18.3 Å². The third-order valence-corrected chi connectivity index (χ3v) is 4.05. The molecular formula is C13H25ClN2O. The van der Waals surface area contributed by atoms with E-state index in [2.05, 4.69) is 5.32 Å². The second-order valence-corrected chi connectivity index (χ2v) is 5.36. The summed E-state index contributed by atoms with van der Waals surface area (Å²) in [4.78, 5) is 11.5. The van der Waals surface area contributed by atoms with Crippen LogP contribution in [-0.4, -0.2) is 18.5 Å². The average Bonchev–Trinajstić information content (AvgIpc) is 3.07. The summed E-state index contributed by atoms with van der Waals surface area (Å²) in [7, 11) is 0. The van der Waals surface area contributed by atoms with E-state index in [1.165, 1.54) is 38.5 Å². The van der Waals surface area contributed by atoms with E-state index in [1.54, 1.807) is 0 Å². The monoisotopic (exact) mass is 260 g/mol. The number of carbonyl (C=O) groups excluding carboxylic acids is 1. The van der Waals surface area contributed by atoms with Gasteiger partial charge in [0.05, 0.1) is 0 Å². The van der Waals surface area contributed by atoms with Gasteiger partial charge in [0.2, 0.25) is 5.91 Å². The lowest BCUT2D eigenvalue weighted by Crippen LogP contribution is -2.28. The van der Waals surface area contributed by atoms with E-state index in [9.17, 15) is 4.79 Å². The van der Waals surface area contributed by atoms with Crippen LogP contribution < -0.4 is 11.1 Å². The van der Waals surface area contributed by atoms with Crippen molar-refractivity contribution in [1.29, 1.82) is 0 Å². The summed E-state index contributed by atoms with van der Waals surface area (Å²) >= 11 is 0. The Morgan fingerprint density at radius 2 is 1.94 bits per heavy atom. The number of halogens is 1. The molecule has 0 aromatic carbocycles. The SMILES string of the molecule is Cl.NCCCC(=O)NC1CC1C1CCCCC1. The maximum atomic E-state index is 11.5. The molecule has 0 saturated heterocycles. The van der Waals surface area contributed by atoms with Crippen LogP contribution in [0.3, 0.4) is 0 Å². The number of carbonyl (C=O) groups is 1. The Bertz CT molecular complexity index is 242. The maximum Gasteiger partial charge on any atom is 0.220 e. The molecule has 2 rings (SSSR count). The Morgan fingerprint density at radius 1 is 1.24 bits per heavy atom. The second kappa shape index (κ2) is 7.22. The van der Waals surface area contributed by atoms with Gasteiger partial charge in [0.1, 0.15) is 0 Å². The summed E-state index contributed by atoms with van der Waals surface area (Å²) in [5, 5.41) is 3.14. The minimum Gasteiger partial charge on any atom is -0.353 e. The Hall–Kier alpha value is -0.280. The molecule has 2 unspecified atom stereocenters. The topological polar surface area (TPSA) is 55.1 Å². The minimum absolute atomic E-state index is 0. The van der Waals surface area contributed by atoms with E-state index < -0.39 is 0 Å². The zero-order valence-electron chi connectivity index (χ0n) is 10.5. The predicted octanol–water partition coefficient (Wildman–Crippen LogP) is 2.23. The molecule has 0 aromatic heterocycles. The van der Waals surface area contributed by atoms with Gasteiger partial charge in [-0.3, -0.25) is 4.79 Å². The normalized spacial score (nSPS) is 28.3. The first-order valence-electron chi connectivity index (χ1n) is 6.80. The fourth-order valence-corrected chi connectivity index (χ4v) is 3.01. The minimum atomic E-state index is 0. The molecule has 2 aliphatic carbocycles. The molecular weight excluding hydrogens is 236 g/mol. The fraction of sp³-hybridized carbons (Fsp3) is 0.923. The Labute approximate surface area is 110 Å². The largest absolute Gasteiger partial charge is 0.353 e. The van der Waals surface area contributed by atoms with Gasteiger partial charge in [-0.1, -0.05) is 32.1 Å². The highest BCUT2D eigenvalue weighted by atomic mass is 35.5. The zero-order valence-corrected chi connectivity index (χ0v) is 11.3. The smallest absolute Gasteiger partial charge is 0.220 e. The van der Waals surface area contributed by atoms with Gasteiger partial charge in [-0.05, 0) is 31.2 Å². The van der Waals surface area contributed by atoms with Gasteiger partial charge in [-0.2, -0.15) is 0 Å². The Morgan fingerprint density at radius 3 is 2.59 bits per heavy atom. The van der Waals surface area contributed by atoms with Crippen molar-refractivity contribution in [3.05, 3.63) is 0 Å². The highest BCUT2D eigenvalue weighted by Crippen LogP contribution is 2.44. The molecule has 0 aromatic rings. The molecule has 0 spiro atoms.